The van der Waals surface area contributed by atoms with Crippen LogP contribution in [-0.4, -0.2) is 34.4 Å². The molecule has 0 saturated carbocycles. The molecule has 0 aliphatic carbocycles. The highest BCUT2D eigenvalue weighted by atomic mass is 16.4. The molecule has 0 aromatic heterocycles. The molecule has 0 saturated heterocycles. The summed E-state index contributed by atoms with van der Waals surface area (Å²) in [5.74, 6) is -0.850. The first-order valence-corrected chi connectivity index (χ1v) is 5.48. The molecule has 0 spiro atoms. The standard InChI is InChI=1S/C11H23NO3/c1-5-6-11(4,15)7-12-9(8(2)3)10(13)14/h8-9,12,15H,5-7H2,1-4H3,(H,13,14). The lowest BCUT2D eigenvalue weighted by Crippen LogP contribution is -2.48. The number of nitrogens with one attached hydrogen (secondary N) is 1. The summed E-state index contributed by atoms with van der Waals surface area (Å²) in [7, 11) is 0. The molecular formula is C11H23NO3. The van der Waals surface area contributed by atoms with E-state index in [1.54, 1.807) is 6.92 Å². The van der Waals surface area contributed by atoms with Crippen molar-refractivity contribution in [3.63, 3.8) is 0 Å². The summed E-state index contributed by atoms with van der Waals surface area (Å²) in [6.07, 6.45) is 1.55. The van der Waals surface area contributed by atoms with Crippen LogP contribution >= 0.6 is 0 Å². The molecule has 0 amide bonds. The third-order valence-corrected chi connectivity index (χ3v) is 2.42. The zero-order chi connectivity index (χ0) is 12.1. The summed E-state index contributed by atoms with van der Waals surface area (Å²) in [5.41, 5.74) is -0.822. The minimum atomic E-state index is -0.864. The van der Waals surface area contributed by atoms with Gasteiger partial charge in [0.1, 0.15) is 6.04 Å². The number of aliphatic carboxylic acids is 1. The van der Waals surface area contributed by atoms with Crippen LogP contribution in [0.4, 0.5) is 0 Å². The fraction of sp³-hybridized carbons (Fsp3) is 0.909. The van der Waals surface area contributed by atoms with Crippen molar-refractivity contribution in [3.05, 3.63) is 0 Å². The van der Waals surface area contributed by atoms with E-state index in [0.717, 1.165) is 6.42 Å². The Bertz CT molecular complexity index is 202. The van der Waals surface area contributed by atoms with E-state index in [2.05, 4.69) is 5.32 Å². The number of carbonyl (C=O) groups is 1. The van der Waals surface area contributed by atoms with Gasteiger partial charge >= 0.3 is 5.97 Å². The summed E-state index contributed by atoms with van der Waals surface area (Å²) in [4.78, 5) is 10.9. The molecule has 0 radical (unpaired) electrons. The molecule has 0 aromatic rings. The highest BCUT2D eigenvalue weighted by molar-refractivity contribution is 5.73. The lowest BCUT2D eigenvalue weighted by molar-refractivity contribution is -0.140. The van der Waals surface area contributed by atoms with Crippen molar-refractivity contribution in [1.29, 1.82) is 0 Å². The van der Waals surface area contributed by atoms with E-state index in [1.165, 1.54) is 0 Å². The Morgan fingerprint density at radius 2 is 2.00 bits per heavy atom. The average Bonchev–Trinajstić information content (AvgIpc) is 2.01. The zero-order valence-corrected chi connectivity index (χ0v) is 10.1. The fourth-order valence-corrected chi connectivity index (χ4v) is 1.56. The summed E-state index contributed by atoms with van der Waals surface area (Å²) >= 11 is 0. The van der Waals surface area contributed by atoms with Crippen molar-refractivity contribution in [2.75, 3.05) is 6.54 Å². The van der Waals surface area contributed by atoms with Gasteiger partial charge in [0.15, 0.2) is 0 Å². The molecule has 0 bridgehead atoms. The van der Waals surface area contributed by atoms with Crippen molar-refractivity contribution < 1.29 is 15.0 Å². The first-order valence-electron chi connectivity index (χ1n) is 5.48. The summed E-state index contributed by atoms with van der Waals surface area (Å²) in [6.45, 7) is 7.73. The minimum absolute atomic E-state index is 0.0138. The Balaban J connectivity index is 4.15. The summed E-state index contributed by atoms with van der Waals surface area (Å²) < 4.78 is 0. The Morgan fingerprint density at radius 1 is 1.47 bits per heavy atom. The molecule has 4 heteroatoms. The van der Waals surface area contributed by atoms with Gasteiger partial charge in [-0.15, -0.1) is 0 Å². The highest BCUT2D eigenvalue weighted by Gasteiger charge is 2.25. The van der Waals surface area contributed by atoms with Gasteiger partial charge in [0, 0.05) is 6.54 Å². The van der Waals surface area contributed by atoms with Crippen LogP contribution in [0.2, 0.25) is 0 Å². The number of carboxylic acids is 1. The van der Waals surface area contributed by atoms with Gasteiger partial charge in [-0.2, -0.15) is 0 Å². The van der Waals surface area contributed by atoms with Gasteiger partial charge in [-0.1, -0.05) is 27.2 Å². The maximum atomic E-state index is 10.9. The molecule has 3 N–H and O–H groups in total. The summed E-state index contributed by atoms with van der Waals surface area (Å²) in [6, 6.07) is -0.590. The normalized spacial score (nSPS) is 17.5. The maximum absolute atomic E-state index is 10.9. The van der Waals surface area contributed by atoms with E-state index < -0.39 is 17.6 Å². The van der Waals surface area contributed by atoms with Crippen LogP contribution < -0.4 is 5.32 Å². The van der Waals surface area contributed by atoms with Crippen LogP contribution in [0.5, 0.6) is 0 Å². The lowest BCUT2D eigenvalue weighted by Gasteiger charge is -2.26. The van der Waals surface area contributed by atoms with E-state index in [1.807, 2.05) is 20.8 Å². The Morgan fingerprint density at radius 3 is 2.33 bits per heavy atom. The van der Waals surface area contributed by atoms with Crippen LogP contribution in [0.1, 0.15) is 40.5 Å². The van der Waals surface area contributed by atoms with E-state index in [9.17, 15) is 9.90 Å². The van der Waals surface area contributed by atoms with Crippen molar-refractivity contribution in [3.8, 4) is 0 Å². The van der Waals surface area contributed by atoms with Crippen LogP contribution in [0, 0.1) is 5.92 Å². The molecule has 4 nitrogen and oxygen atoms in total. The molecule has 90 valence electrons. The number of rotatable bonds is 7. The Hall–Kier alpha value is -0.610. The van der Waals surface area contributed by atoms with Gasteiger partial charge in [0.2, 0.25) is 0 Å². The topological polar surface area (TPSA) is 69.6 Å². The fourth-order valence-electron chi connectivity index (χ4n) is 1.56. The summed E-state index contributed by atoms with van der Waals surface area (Å²) in [5, 5.41) is 21.7. The number of hydrogen-bond donors (Lipinski definition) is 3. The molecule has 15 heavy (non-hydrogen) atoms. The number of aliphatic hydroxyl groups is 1. The molecule has 0 aliphatic heterocycles. The first kappa shape index (κ1) is 14.4. The molecule has 0 fully saturated rings. The zero-order valence-electron chi connectivity index (χ0n) is 10.1. The third kappa shape index (κ3) is 5.74. The first-order chi connectivity index (χ1) is 6.80. The second kappa shape index (κ2) is 6.08. The molecule has 0 aliphatic rings. The predicted molar refractivity (Wildman–Crippen MR) is 59.8 cm³/mol. The second-order valence-electron chi connectivity index (χ2n) is 4.69. The van der Waals surface area contributed by atoms with Crippen molar-refractivity contribution in [2.45, 2.75) is 52.2 Å². The smallest absolute Gasteiger partial charge is 0.320 e. The third-order valence-electron chi connectivity index (χ3n) is 2.42. The Kier molecular flexibility index (Phi) is 5.83. The lowest BCUT2D eigenvalue weighted by atomic mass is 9.98. The molecule has 0 heterocycles. The highest BCUT2D eigenvalue weighted by Crippen LogP contribution is 2.11. The van der Waals surface area contributed by atoms with Gasteiger partial charge in [0.05, 0.1) is 5.60 Å². The van der Waals surface area contributed by atoms with Crippen LogP contribution in [0.15, 0.2) is 0 Å². The maximum Gasteiger partial charge on any atom is 0.320 e. The molecular weight excluding hydrogens is 194 g/mol. The van der Waals surface area contributed by atoms with Gasteiger partial charge in [0.25, 0.3) is 0 Å². The molecule has 2 unspecified atom stereocenters. The quantitative estimate of drug-likeness (QED) is 0.600. The van der Waals surface area contributed by atoms with E-state index in [0.29, 0.717) is 13.0 Å². The number of carboxylic acid groups (broad SMARTS) is 1. The van der Waals surface area contributed by atoms with E-state index >= 15 is 0 Å². The van der Waals surface area contributed by atoms with Gasteiger partial charge in [-0.3, -0.25) is 4.79 Å². The second-order valence-corrected chi connectivity index (χ2v) is 4.69. The predicted octanol–water partition coefficient (Wildman–Crippen LogP) is 1.24. The number of hydrogen-bond acceptors (Lipinski definition) is 3. The van der Waals surface area contributed by atoms with E-state index in [-0.39, 0.29) is 5.92 Å². The van der Waals surface area contributed by atoms with Crippen LogP contribution in [0.25, 0.3) is 0 Å². The largest absolute Gasteiger partial charge is 0.480 e. The average molecular weight is 217 g/mol. The SMILES string of the molecule is CCCC(C)(O)CNC(C(=O)O)C(C)C. The van der Waals surface area contributed by atoms with Crippen molar-refractivity contribution >= 4 is 5.97 Å². The van der Waals surface area contributed by atoms with Crippen LogP contribution in [0.3, 0.4) is 0 Å². The van der Waals surface area contributed by atoms with Crippen LogP contribution in [-0.2, 0) is 4.79 Å². The minimum Gasteiger partial charge on any atom is -0.480 e. The monoisotopic (exact) mass is 217 g/mol. The molecule has 0 aromatic carbocycles. The van der Waals surface area contributed by atoms with Gasteiger partial charge < -0.3 is 15.5 Å². The van der Waals surface area contributed by atoms with Gasteiger partial charge in [-0.25, -0.2) is 0 Å². The van der Waals surface area contributed by atoms with Gasteiger partial charge in [-0.05, 0) is 19.3 Å². The van der Waals surface area contributed by atoms with E-state index in [4.69, 9.17) is 5.11 Å². The van der Waals surface area contributed by atoms with Crippen molar-refractivity contribution in [2.24, 2.45) is 5.92 Å². The molecule has 2 atom stereocenters. The Labute approximate surface area is 91.7 Å². The molecule has 0 rings (SSSR count). The van der Waals surface area contributed by atoms with Crippen molar-refractivity contribution in [1.82, 2.24) is 5.32 Å².